The van der Waals surface area contributed by atoms with E-state index < -0.39 is 43.5 Å². The lowest BCUT2D eigenvalue weighted by atomic mass is 10.0. The third-order valence-electron chi connectivity index (χ3n) is 6.75. The minimum Gasteiger partial charge on any atom is -0.465 e. The van der Waals surface area contributed by atoms with Crippen LogP contribution in [0.3, 0.4) is 0 Å². The monoisotopic (exact) mass is 797 g/mol. The van der Waals surface area contributed by atoms with Gasteiger partial charge in [-0.2, -0.15) is 12.6 Å². The molecule has 1 N–H and O–H groups in total. The zero-order valence-corrected chi connectivity index (χ0v) is 35.8. The summed E-state index contributed by atoms with van der Waals surface area (Å²) in [6.45, 7) is 18.7. The van der Waals surface area contributed by atoms with Gasteiger partial charge in [0.25, 0.3) is 0 Å². The lowest BCUT2D eigenvalue weighted by Crippen LogP contribution is -2.24. The third kappa shape index (κ3) is 16.8. The van der Waals surface area contributed by atoms with Crippen molar-refractivity contribution >= 4 is 54.3 Å². The Balaban J connectivity index is 0.00000199. The first-order valence-corrected chi connectivity index (χ1v) is 21.3. The zero-order valence-electron chi connectivity index (χ0n) is 33.2. The molecule has 0 radical (unpaired) electrons. The number of nitrogens with one attached hydrogen (secondary N) is 1. The molecule has 0 saturated heterocycles. The van der Waals surface area contributed by atoms with E-state index in [2.05, 4.69) is 31.6 Å². The van der Waals surface area contributed by atoms with Crippen molar-refractivity contribution in [3.63, 3.8) is 0 Å². The van der Waals surface area contributed by atoms with Gasteiger partial charge in [-0.05, 0) is 91.4 Å². The second kappa shape index (κ2) is 28.3. The summed E-state index contributed by atoms with van der Waals surface area (Å²) in [4.78, 5) is 25.0. The van der Waals surface area contributed by atoms with E-state index in [-0.39, 0.29) is 34.7 Å². The van der Waals surface area contributed by atoms with Gasteiger partial charge >= 0.3 is 11.9 Å². The molecule has 53 heavy (non-hydrogen) atoms. The molecule has 296 valence electrons. The molecular formula is C41H59F3NO5PS2. The lowest BCUT2D eigenvalue weighted by Gasteiger charge is -2.22. The van der Waals surface area contributed by atoms with Gasteiger partial charge in [0.1, 0.15) is 17.2 Å². The predicted molar refractivity (Wildman–Crippen MR) is 222 cm³/mol. The molecule has 4 aromatic rings. The van der Waals surface area contributed by atoms with Crippen LogP contribution in [0.4, 0.5) is 13.2 Å². The maximum Gasteiger partial charge on any atom is 0.353 e. The molecule has 12 heteroatoms. The first-order chi connectivity index (χ1) is 25.5. The van der Waals surface area contributed by atoms with Crippen molar-refractivity contribution in [3.8, 4) is 11.5 Å². The second-order valence-electron chi connectivity index (χ2n) is 11.0. The largest absolute Gasteiger partial charge is 0.465 e. The maximum absolute atomic E-state index is 15.9. The Hall–Kier alpha value is -3.11. The van der Waals surface area contributed by atoms with Crippen LogP contribution in [-0.4, -0.2) is 31.3 Å². The smallest absolute Gasteiger partial charge is 0.353 e. The number of carbonyl (C=O) groups is 2. The number of carbonyl (C=O) groups excluding carboxylic acids is 2. The Morgan fingerprint density at radius 3 is 1.92 bits per heavy atom. The summed E-state index contributed by atoms with van der Waals surface area (Å²) in [6, 6.07) is 14.9. The highest BCUT2D eigenvalue weighted by molar-refractivity contribution is 7.79. The number of halogens is 3. The van der Waals surface area contributed by atoms with Crippen molar-refractivity contribution in [2.75, 3.05) is 19.4 Å². The molecule has 1 fully saturated rings. The van der Waals surface area contributed by atoms with E-state index in [1.807, 2.05) is 34.6 Å². The number of ether oxygens (including phenoxy) is 2. The average molecular weight is 798 g/mol. The van der Waals surface area contributed by atoms with E-state index in [4.69, 9.17) is 14.0 Å². The molecule has 0 spiro atoms. The molecule has 0 bridgehead atoms. The van der Waals surface area contributed by atoms with Crippen molar-refractivity contribution < 1.29 is 36.8 Å². The Kier molecular flexibility index (Phi) is 26.7. The number of hydrogen-bond donors (Lipinski definition) is 2. The topological polar surface area (TPSA) is 73.9 Å². The first kappa shape index (κ1) is 49.9. The van der Waals surface area contributed by atoms with Gasteiger partial charge in [0.2, 0.25) is 14.0 Å². The SMILES string of the molecule is C1CC1.CC.CC.CCC.CCCOC(=O)CNP(Oc1ccccc1)C(F)c1ccc2sc(C(=O)Oc3c(F)c(C)c(C)c(C)c3F)cc2c1.CS. The zero-order chi connectivity index (χ0) is 40.5. The Morgan fingerprint density at radius 2 is 1.42 bits per heavy atom. The first-order valence-electron chi connectivity index (χ1n) is 18.2. The highest BCUT2D eigenvalue weighted by atomic mass is 32.1. The molecule has 1 aliphatic carbocycles. The fourth-order valence-electron chi connectivity index (χ4n) is 3.89. The average Bonchev–Trinajstić information content (AvgIpc) is 4.03. The maximum atomic E-state index is 15.9. The number of esters is 2. The molecule has 1 saturated carbocycles. The van der Waals surface area contributed by atoms with E-state index in [1.165, 1.54) is 45.6 Å². The summed E-state index contributed by atoms with van der Waals surface area (Å²) in [5, 5.41) is 3.39. The summed E-state index contributed by atoms with van der Waals surface area (Å²) in [7, 11) is -2.02. The summed E-state index contributed by atoms with van der Waals surface area (Å²) in [5.74, 6) is -5.27. The van der Waals surface area contributed by atoms with Crippen LogP contribution in [0.15, 0.2) is 54.6 Å². The number of para-hydroxylation sites is 1. The molecular weight excluding hydrogens is 739 g/mol. The molecule has 6 nitrogen and oxygen atoms in total. The fraction of sp³-hybridized carbons (Fsp3) is 0.463. The summed E-state index contributed by atoms with van der Waals surface area (Å²) < 4.78 is 62.1. The van der Waals surface area contributed by atoms with Crippen LogP contribution < -0.4 is 14.3 Å². The molecule has 5 rings (SSSR count). The van der Waals surface area contributed by atoms with E-state index in [9.17, 15) is 18.4 Å². The molecule has 2 atom stereocenters. The van der Waals surface area contributed by atoms with Crippen LogP contribution in [0, 0.1) is 32.4 Å². The van der Waals surface area contributed by atoms with Crippen molar-refractivity contribution in [2.24, 2.45) is 0 Å². The molecule has 1 aromatic heterocycles. The van der Waals surface area contributed by atoms with Crippen LogP contribution in [0.2, 0.25) is 0 Å². The Bertz CT molecular complexity index is 1610. The molecule has 2 unspecified atom stereocenters. The van der Waals surface area contributed by atoms with Gasteiger partial charge in [-0.25, -0.2) is 18.0 Å². The quantitative estimate of drug-likeness (QED) is 0.0681. The number of hydrogen-bond acceptors (Lipinski definition) is 8. The van der Waals surface area contributed by atoms with E-state index in [0.29, 0.717) is 27.8 Å². The van der Waals surface area contributed by atoms with Crippen molar-refractivity contribution in [1.29, 1.82) is 0 Å². The third-order valence-corrected chi connectivity index (χ3v) is 9.43. The summed E-state index contributed by atoms with van der Waals surface area (Å²) in [6.07, 6.45) is 8.11. The van der Waals surface area contributed by atoms with Crippen LogP contribution in [0.25, 0.3) is 10.1 Å². The number of thiol groups is 1. The lowest BCUT2D eigenvalue weighted by molar-refractivity contribution is -0.142. The number of fused-ring (bicyclic) bond motifs is 1. The Labute approximate surface area is 326 Å². The van der Waals surface area contributed by atoms with Crippen LogP contribution >= 0.6 is 32.3 Å². The standard InChI is InChI=1S/C30H29F3NO5PS.C3H6.C3H8.2C2H6.CH4S/c1-5-13-37-25(35)16-34-40(39-22-9-7-6-8-10-22)29(33)20-11-12-23-21(14-20)15-24(41-23)30(36)38-28-26(31)18(3)17(2)19(4)27(28)32;1-2-3-1;1-3-2;3*1-2/h6-12,14-15,29,34H,5,13,16H2,1-4H3;1-3H2;3H2,1-2H3;2*1-2H3;2H,1H3. The van der Waals surface area contributed by atoms with Crippen molar-refractivity contribution in [3.05, 3.63) is 93.4 Å². The molecule has 0 aliphatic heterocycles. The van der Waals surface area contributed by atoms with Gasteiger partial charge in [-0.1, -0.05) is 98.4 Å². The van der Waals surface area contributed by atoms with Crippen molar-refractivity contribution in [2.45, 2.75) is 107 Å². The van der Waals surface area contributed by atoms with Gasteiger partial charge in [0.05, 0.1) is 6.61 Å². The minimum absolute atomic E-state index is 0.0989. The van der Waals surface area contributed by atoms with Crippen LogP contribution in [-0.2, 0) is 9.53 Å². The van der Waals surface area contributed by atoms with Gasteiger partial charge in [-0.3, -0.25) is 9.88 Å². The minimum atomic E-state index is -2.02. The second-order valence-corrected chi connectivity index (χ2v) is 13.7. The fourth-order valence-corrected chi connectivity index (χ4v) is 6.19. The van der Waals surface area contributed by atoms with E-state index >= 15 is 4.39 Å². The Morgan fingerprint density at radius 1 is 0.868 bits per heavy atom. The van der Waals surface area contributed by atoms with E-state index in [1.54, 1.807) is 61.7 Å². The summed E-state index contributed by atoms with van der Waals surface area (Å²) in [5.41, 5.74) is 1.10. The predicted octanol–water partition coefficient (Wildman–Crippen LogP) is 13.4. The number of benzene rings is 3. The normalized spacial score (nSPS) is 11.8. The number of thiophene rings is 1. The van der Waals surface area contributed by atoms with Gasteiger partial charge in [0, 0.05) is 4.70 Å². The van der Waals surface area contributed by atoms with Crippen molar-refractivity contribution in [1.82, 2.24) is 5.09 Å². The molecule has 3 aromatic carbocycles. The number of alkyl halides is 1. The van der Waals surface area contributed by atoms with Gasteiger partial charge in [0.15, 0.2) is 17.5 Å². The highest BCUT2D eigenvalue weighted by Crippen LogP contribution is 2.50. The van der Waals surface area contributed by atoms with Crippen LogP contribution in [0.1, 0.15) is 118 Å². The van der Waals surface area contributed by atoms with Gasteiger partial charge in [-0.15, -0.1) is 11.3 Å². The molecule has 1 aliphatic rings. The number of rotatable bonds is 11. The molecule has 0 amide bonds. The van der Waals surface area contributed by atoms with E-state index in [0.717, 1.165) is 11.3 Å². The summed E-state index contributed by atoms with van der Waals surface area (Å²) >= 11 is 4.58. The highest BCUT2D eigenvalue weighted by Gasteiger charge is 2.28. The van der Waals surface area contributed by atoms with Crippen LogP contribution in [0.5, 0.6) is 11.5 Å². The van der Waals surface area contributed by atoms with Gasteiger partial charge < -0.3 is 14.0 Å². The molecule has 1 heterocycles.